The molecular formula is C15H25N3O3. The molecule has 21 heavy (non-hydrogen) atoms. The summed E-state index contributed by atoms with van der Waals surface area (Å²) in [5.74, 6) is 1.06. The fourth-order valence-electron chi connectivity index (χ4n) is 1.58. The summed E-state index contributed by atoms with van der Waals surface area (Å²) >= 11 is 0. The molecule has 6 nitrogen and oxygen atoms in total. The van der Waals surface area contributed by atoms with E-state index in [4.69, 9.17) is 9.47 Å². The van der Waals surface area contributed by atoms with Crippen molar-refractivity contribution in [1.29, 1.82) is 0 Å². The van der Waals surface area contributed by atoms with Crippen molar-refractivity contribution in [2.24, 2.45) is 0 Å². The van der Waals surface area contributed by atoms with Crippen molar-refractivity contribution in [3.05, 3.63) is 18.3 Å². The maximum atomic E-state index is 11.7. The lowest BCUT2D eigenvalue weighted by Crippen LogP contribution is -2.30. The van der Waals surface area contributed by atoms with Gasteiger partial charge in [0.2, 0.25) is 0 Å². The van der Waals surface area contributed by atoms with Crippen molar-refractivity contribution in [3.63, 3.8) is 0 Å². The molecule has 0 saturated carbocycles. The zero-order valence-corrected chi connectivity index (χ0v) is 13.4. The van der Waals surface area contributed by atoms with E-state index < -0.39 is 11.7 Å². The zero-order valence-electron chi connectivity index (χ0n) is 13.4. The van der Waals surface area contributed by atoms with Crippen LogP contribution < -0.4 is 15.4 Å². The molecule has 0 aliphatic rings. The summed E-state index contributed by atoms with van der Waals surface area (Å²) in [4.78, 5) is 15.7. The summed E-state index contributed by atoms with van der Waals surface area (Å²) in [6, 6.07) is 3.72. The van der Waals surface area contributed by atoms with Crippen molar-refractivity contribution < 1.29 is 14.3 Å². The van der Waals surface area contributed by atoms with Gasteiger partial charge in [-0.1, -0.05) is 6.92 Å². The van der Waals surface area contributed by atoms with Crippen LogP contribution >= 0.6 is 0 Å². The molecule has 118 valence electrons. The van der Waals surface area contributed by atoms with Gasteiger partial charge in [-0.3, -0.25) is 5.32 Å². The van der Waals surface area contributed by atoms with Gasteiger partial charge in [0.05, 0.1) is 0 Å². The molecule has 0 saturated heterocycles. The number of amides is 1. The maximum Gasteiger partial charge on any atom is 0.413 e. The molecule has 0 aliphatic carbocycles. The quantitative estimate of drug-likeness (QED) is 0.844. The Bertz CT molecular complexity index is 454. The van der Waals surface area contributed by atoms with E-state index in [1.54, 1.807) is 18.3 Å². The first-order valence-electron chi connectivity index (χ1n) is 7.10. The molecule has 1 atom stereocenters. The van der Waals surface area contributed by atoms with Crippen LogP contribution in [0.1, 0.15) is 34.1 Å². The largest absolute Gasteiger partial charge is 0.492 e. The number of nitrogens with one attached hydrogen (secondary N) is 2. The highest BCUT2D eigenvalue weighted by atomic mass is 16.6. The van der Waals surface area contributed by atoms with E-state index in [-0.39, 0.29) is 0 Å². The number of anilines is 1. The Labute approximate surface area is 126 Å². The third-order valence-corrected chi connectivity index (χ3v) is 2.71. The van der Waals surface area contributed by atoms with Crippen LogP contribution in [-0.2, 0) is 4.74 Å². The molecule has 6 heteroatoms. The van der Waals surface area contributed by atoms with Crippen LogP contribution in [0.4, 0.5) is 10.6 Å². The highest BCUT2D eigenvalue weighted by Crippen LogP contribution is 2.16. The van der Waals surface area contributed by atoms with E-state index >= 15 is 0 Å². The minimum atomic E-state index is -0.542. The zero-order chi connectivity index (χ0) is 15.9. The number of aromatic nitrogens is 1. The van der Waals surface area contributed by atoms with E-state index in [0.29, 0.717) is 24.2 Å². The van der Waals surface area contributed by atoms with Gasteiger partial charge in [0, 0.05) is 18.3 Å². The molecule has 1 amide bonds. The van der Waals surface area contributed by atoms with Crippen LogP contribution in [0.15, 0.2) is 18.3 Å². The van der Waals surface area contributed by atoms with Gasteiger partial charge in [-0.2, -0.15) is 0 Å². The standard InChI is InChI=1S/C15H25N3O3/c1-6-11(16-5)10-20-12-7-8-17-13(9-12)18-14(19)21-15(2,3)4/h7-9,11,16H,6,10H2,1-5H3,(H,17,18,19). The Kier molecular flexibility index (Phi) is 6.42. The second kappa shape index (κ2) is 7.83. The second-order valence-corrected chi connectivity index (χ2v) is 5.71. The van der Waals surface area contributed by atoms with Crippen LogP contribution in [0, 0.1) is 0 Å². The molecule has 2 N–H and O–H groups in total. The van der Waals surface area contributed by atoms with Gasteiger partial charge < -0.3 is 14.8 Å². The van der Waals surface area contributed by atoms with E-state index in [1.165, 1.54) is 0 Å². The molecule has 0 fully saturated rings. The first-order chi connectivity index (χ1) is 9.84. The monoisotopic (exact) mass is 295 g/mol. The average molecular weight is 295 g/mol. The number of nitrogens with zero attached hydrogens (tertiary/aromatic N) is 1. The number of hydrogen-bond acceptors (Lipinski definition) is 5. The highest BCUT2D eigenvalue weighted by molar-refractivity contribution is 5.83. The lowest BCUT2D eigenvalue weighted by molar-refractivity contribution is 0.0635. The van der Waals surface area contributed by atoms with Crippen LogP contribution in [0.2, 0.25) is 0 Å². The smallest absolute Gasteiger partial charge is 0.413 e. The summed E-state index contributed by atoms with van der Waals surface area (Å²) in [6.45, 7) is 8.07. The summed E-state index contributed by atoms with van der Waals surface area (Å²) in [6.07, 6.45) is 2.03. The van der Waals surface area contributed by atoms with Gasteiger partial charge in [-0.05, 0) is 40.3 Å². The lowest BCUT2D eigenvalue weighted by Gasteiger charge is -2.19. The Morgan fingerprint density at radius 2 is 2.14 bits per heavy atom. The number of pyridine rings is 1. The normalized spacial score (nSPS) is 12.6. The van der Waals surface area contributed by atoms with E-state index in [2.05, 4.69) is 22.5 Å². The number of ether oxygens (including phenoxy) is 2. The van der Waals surface area contributed by atoms with Gasteiger partial charge in [0.1, 0.15) is 23.8 Å². The number of carbonyl (C=O) groups is 1. The Hall–Kier alpha value is -1.82. The van der Waals surface area contributed by atoms with Gasteiger partial charge >= 0.3 is 6.09 Å². The molecule has 0 aromatic carbocycles. The van der Waals surface area contributed by atoms with Crippen LogP contribution in [0.25, 0.3) is 0 Å². The second-order valence-electron chi connectivity index (χ2n) is 5.71. The van der Waals surface area contributed by atoms with Crippen molar-refractivity contribution >= 4 is 11.9 Å². The van der Waals surface area contributed by atoms with Gasteiger partial charge in [-0.15, -0.1) is 0 Å². The third-order valence-electron chi connectivity index (χ3n) is 2.71. The Morgan fingerprint density at radius 3 is 2.71 bits per heavy atom. The van der Waals surface area contributed by atoms with Crippen LogP contribution in [0.5, 0.6) is 5.75 Å². The fraction of sp³-hybridized carbons (Fsp3) is 0.600. The molecular weight excluding hydrogens is 270 g/mol. The maximum absolute atomic E-state index is 11.7. The molecule has 1 heterocycles. The van der Waals surface area contributed by atoms with Gasteiger partial charge in [0.25, 0.3) is 0 Å². The number of likely N-dealkylation sites (N-methyl/N-ethyl adjacent to an activating group) is 1. The summed E-state index contributed by atoms with van der Waals surface area (Å²) in [5.41, 5.74) is -0.542. The minimum Gasteiger partial charge on any atom is -0.492 e. The molecule has 1 aromatic heterocycles. The molecule has 0 aliphatic heterocycles. The fourth-order valence-corrected chi connectivity index (χ4v) is 1.58. The summed E-state index contributed by atoms with van der Waals surface area (Å²) < 4.78 is 10.9. The Balaban J connectivity index is 2.58. The molecule has 0 spiro atoms. The summed E-state index contributed by atoms with van der Waals surface area (Å²) in [7, 11) is 1.90. The molecule has 0 radical (unpaired) electrons. The van der Waals surface area contributed by atoms with E-state index in [1.807, 2.05) is 27.8 Å². The topological polar surface area (TPSA) is 72.5 Å². The van der Waals surface area contributed by atoms with Gasteiger partial charge in [0.15, 0.2) is 0 Å². The highest BCUT2D eigenvalue weighted by Gasteiger charge is 2.16. The van der Waals surface area contributed by atoms with Gasteiger partial charge in [-0.25, -0.2) is 9.78 Å². The van der Waals surface area contributed by atoms with E-state index in [0.717, 1.165) is 6.42 Å². The molecule has 1 unspecified atom stereocenters. The van der Waals surface area contributed by atoms with Crippen molar-refractivity contribution in [2.45, 2.75) is 45.8 Å². The molecule has 1 rings (SSSR count). The minimum absolute atomic E-state index is 0.292. The van der Waals surface area contributed by atoms with Crippen molar-refractivity contribution in [2.75, 3.05) is 19.0 Å². The molecule has 0 bridgehead atoms. The first-order valence-corrected chi connectivity index (χ1v) is 7.10. The van der Waals surface area contributed by atoms with Crippen LogP contribution in [0.3, 0.4) is 0 Å². The Morgan fingerprint density at radius 1 is 1.43 bits per heavy atom. The predicted octanol–water partition coefficient (Wildman–Crippen LogP) is 2.81. The third kappa shape index (κ3) is 6.94. The predicted molar refractivity (Wildman–Crippen MR) is 82.7 cm³/mol. The molecule has 1 aromatic rings. The number of carbonyl (C=O) groups excluding carboxylic acids is 1. The summed E-state index contributed by atoms with van der Waals surface area (Å²) in [5, 5.41) is 5.75. The van der Waals surface area contributed by atoms with Crippen molar-refractivity contribution in [3.8, 4) is 5.75 Å². The first kappa shape index (κ1) is 17.2. The SMILES string of the molecule is CCC(COc1ccnc(NC(=O)OC(C)(C)C)c1)NC. The lowest BCUT2D eigenvalue weighted by atomic mass is 10.2. The number of hydrogen-bond donors (Lipinski definition) is 2. The van der Waals surface area contributed by atoms with Crippen molar-refractivity contribution in [1.82, 2.24) is 10.3 Å². The number of rotatable bonds is 6. The average Bonchev–Trinajstić information content (AvgIpc) is 2.38. The van der Waals surface area contributed by atoms with E-state index in [9.17, 15) is 4.79 Å². The van der Waals surface area contributed by atoms with Crippen LogP contribution in [-0.4, -0.2) is 36.4 Å².